The Bertz CT molecular complexity index is 574. The van der Waals surface area contributed by atoms with Gasteiger partial charge in [-0.1, -0.05) is 39.7 Å². The van der Waals surface area contributed by atoms with Crippen molar-refractivity contribution in [1.29, 1.82) is 0 Å². The zero-order valence-electron chi connectivity index (χ0n) is 11.1. The van der Waals surface area contributed by atoms with Crippen LogP contribution >= 0.6 is 27.5 Å². The Morgan fingerprint density at radius 2 is 2.30 bits per heavy atom. The Labute approximate surface area is 131 Å². The first-order valence-electron chi connectivity index (χ1n) is 6.24. The number of aromatic nitrogens is 2. The Kier molecular flexibility index (Phi) is 5.60. The highest BCUT2D eigenvalue weighted by Crippen LogP contribution is 2.26. The van der Waals surface area contributed by atoms with Crippen LogP contribution in [0.3, 0.4) is 0 Å². The van der Waals surface area contributed by atoms with E-state index in [0.717, 1.165) is 10.0 Å². The Morgan fingerprint density at radius 1 is 1.50 bits per heavy atom. The molecule has 20 heavy (non-hydrogen) atoms. The molecule has 1 atom stereocenters. The summed E-state index contributed by atoms with van der Waals surface area (Å²) in [5, 5.41) is 15.1. The number of halogens is 2. The second kappa shape index (κ2) is 7.22. The monoisotopic (exact) mass is 358 g/mol. The summed E-state index contributed by atoms with van der Waals surface area (Å²) in [6, 6.07) is 7.84. The fourth-order valence-corrected chi connectivity index (χ4v) is 2.76. The van der Waals surface area contributed by atoms with E-state index in [9.17, 15) is 5.11 Å². The molecule has 6 heteroatoms. The van der Waals surface area contributed by atoms with Gasteiger partial charge >= 0.3 is 0 Å². The van der Waals surface area contributed by atoms with Crippen molar-refractivity contribution < 1.29 is 9.84 Å². The standard InChI is InChI=1S/C14H16BrClN2O2/c1-20-6-5-18-14(12(16)9-17-18)13(19)8-10-3-2-4-11(15)7-10/h2-4,7,9,13,19H,5-6,8H2,1H3. The molecule has 108 valence electrons. The molecule has 0 amide bonds. The molecule has 1 N–H and O–H groups in total. The lowest BCUT2D eigenvalue weighted by atomic mass is 10.1. The molecule has 0 fully saturated rings. The number of benzene rings is 1. The van der Waals surface area contributed by atoms with Gasteiger partial charge in [0.2, 0.25) is 0 Å². The fraction of sp³-hybridized carbons (Fsp3) is 0.357. The summed E-state index contributed by atoms with van der Waals surface area (Å²) >= 11 is 9.55. The summed E-state index contributed by atoms with van der Waals surface area (Å²) in [6.07, 6.45) is 1.34. The van der Waals surface area contributed by atoms with Gasteiger partial charge in [0.1, 0.15) is 6.10 Å². The van der Waals surface area contributed by atoms with E-state index >= 15 is 0 Å². The van der Waals surface area contributed by atoms with Gasteiger partial charge in [0.15, 0.2) is 0 Å². The van der Waals surface area contributed by atoms with Crippen LogP contribution in [0.4, 0.5) is 0 Å². The number of hydrogen-bond donors (Lipinski definition) is 1. The lowest BCUT2D eigenvalue weighted by Gasteiger charge is -2.14. The summed E-state index contributed by atoms with van der Waals surface area (Å²) in [7, 11) is 1.63. The maximum atomic E-state index is 10.4. The molecule has 0 aliphatic carbocycles. The molecule has 2 aromatic rings. The summed E-state index contributed by atoms with van der Waals surface area (Å²) in [4.78, 5) is 0. The smallest absolute Gasteiger partial charge is 0.101 e. The van der Waals surface area contributed by atoms with Crippen LogP contribution in [0.1, 0.15) is 17.4 Å². The lowest BCUT2D eigenvalue weighted by Crippen LogP contribution is -2.14. The number of aliphatic hydroxyl groups is 1. The van der Waals surface area contributed by atoms with Gasteiger partial charge < -0.3 is 9.84 Å². The molecule has 1 aromatic carbocycles. The van der Waals surface area contributed by atoms with Crippen molar-refractivity contribution >= 4 is 27.5 Å². The number of aliphatic hydroxyl groups excluding tert-OH is 1. The first-order chi connectivity index (χ1) is 9.61. The summed E-state index contributed by atoms with van der Waals surface area (Å²) < 4.78 is 7.71. The molecule has 4 nitrogen and oxygen atoms in total. The minimum Gasteiger partial charge on any atom is -0.386 e. The zero-order valence-corrected chi connectivity index (χ0v) is 13.4. The van der Waals surface area contributed by atoms with Crippen LogP contribution < -0.4 is 0 Å². The molecule has 0 spiro atoms. The number of ether oxygens (including phenoxy) is 1. The maximum absolute atomic E-state index is 10.4. The van der Waals surface area contributed by atoms with E-state index in [1.165, 1.54) is 0 Å². The Hall–Kier alpha value is -0.880. The van der Waals surface area contributed by atoms with E-state index in [-0.39, 0.29) is 0 Å². The third kappa shape index (κ3) is 3.82. The third-order valence-electron chi connectivity index (χ3n) is 2.97. The largest absolute Gasteiger partial charge is 0.386 e. The van der Waals surface area contributed by atoms with Crippen molar-refractivity contribution in [2.75, 3.05) is 13.7 Å². The van der Waals surface area contributed by atoms with Crippen molar-refractivity contribution in [3.05, 3.63) is 51.2 Å². The second-order valence-electron chi connectivity index (χ2n) is 4.44. The molecule has 0 radical (unpaired) electrons. The molecule has 0 saturated carbocycles. The zero-order chi connectivity index (χ0) is 14.5. The Morgan fingerprint density at radius 3 is 3.00 bits per heavy atom. The van der Waals surface area contributed by atoms with Crippen molar-refractivity contribution in [1.82, 2.24) is 9.78 Å². The van der Waals surface area contributed by atoms with Gasteiger partial charge in [0.25, 0.3) is 0 Å². The highest BCUT2D eigenvalue weighted by molar-refractivity contribution is 9.10. The SMILES string of the molecule is COCCn1ncc(Cl)c1C(O)Cc1cccc(Br)c1. The fourth-order valence-electron chi connectivity index (χ4n) is 2.04. The predicted octanol–water partition coefficient (Wildman–Crippen LogP) is 3.22. The van der Waals surface area contributed by atoms with Crippen LogP contribution in [0.5, 0.6) is 0 Å². The van der Waals surface area contributed by atoms with E-state index in [1.807, 2.05) is 24.3 Å². The van der Waals surface area contributed by atoms with Gasteiger partial charge in [-0.3, -0.25) is 4.68 Å². The molecule has 0 bridgehead atoms. The van der Waals surface area contributed by atoms with Crippen LogP contribution in [0.15, 0.2) is 34.9 Å². The van der Waals surface area contributed by atoms with Crippen molar-refractivity contribution in [3.63, 3.8) is 0 Å². The molecule has 0 saturated heterocycles. The first-order valence-corrected chi connectivity index (χ1v) is 7.41. The molecule has 2 rings (SSSR count). The molecule has 0 aliphatic rings. The van der Waals surface area contributed by atoms with Gasteiger partial charge in [-0.25, -0.2) is 0 Å². The van der Waals surface area contributed by atoms with Crippen molar-refractivity contribution in [2.24, 2.45) is 0 Å². The first kappa shape index (κ1) is 15.5. The predicted molar refractivity (Wildman–Crippen MR) is 81.9 cm³/mol. The highest BCUT2D eigenvalue weighted by Gasteiger charge is 2.18. The van der Waals surface area contributed by atoms with Crippen LogP contribution in [-0.2, 0) is 17.7 Å². The molecule has 1 unspecified atom stereocenters. The molecular weight excluding hydrogens is 344 g/mol. The minimum absolute atomic E-state index is 0.476. The van der Waals surface area contributed by atoms with E-state index in [4.69, 9.17) is 16.3 Å². The van der Waals surface area contributed by atoms with Crippen LogP contribution in [0.2, 0.25) is 5.02 Å². The van der Waals surface area contributed by atoms with Gasteiger partial charge in [-0.2, -0.15) is 5.10 Å². The molecule has 1 heterocycles. The van der Waals surface area contributed by atoms with Crippen LogP contribution in [0, 0.1) is 0 Å². The van der Waals surface area contributed by atoms with Gasteiger partial charge in [-0.05, 0) is 17.7 Å². The molecular formula is C14H16BrClN2O2. The average molecular weight is 360 g/mol. The third-order valence-corrected chi connectivity index (χ3v) is 3.76. The summed E-state index contributed by atoms with van der Waals surface area (Å²) in [5.41, 5.74) is 1.66. The van der Waals surface area contributed by atoms with Gasteiger partial charge in [-0.15, -0.1) is 0 Å². The maximum Gasteiger partial charge on any atom is 0.101 e. The van der Waals surface area contributed by atoms with E-state index in [0.29, 0.717) is 30.3 Å². The van der Waals surface area contributed by atoms with Gasteiger partial charge in [0.05, 0.1) is 30.1 Å². The molecule has 0 aliphatic heterocycles. The summed E-state index contributed by atoms with van der Waals surface area (Å²) in [6.45, 7) is 1.09. The quantitative estimate of drug-likeness (QED) is 0.861. The highest BCUT2D eigenvalue weighted by atomic mass is 79.9. The average Bonchev–Trinajstić information content (AvgIpc) is 2.77. The van der Waals surface area contributed by atoms with E-state index < -0.39 is 6.10 Å². The summed E-state index contributed by atoms with van der Waals surface area (Å²) in [5.74, 6) is 0. The topological polar surface area (TPSA) is 47.3 Å². The number of methoxy groups -OCH3 is 1. The van der Waals surface area contributed by atoms with Crippen molar-refractivity contribution in [2.45, 2.75) is 19.1 Å². The van der Waals surface area contributed by atoms with E-state index in [2.05, 4.69) is 21.0 Å². The lowest BCUT2D eigenvalue weighted by molar-refractivity contribution is 0.153. The minimum atomic E-state index is -0.698. The molecule has 1 aromatic heterocycles. The van der Waals surface area contributed by atoms with E-state index in [1.54, 1.807) is 18.0 Å². The van der Waals surface area contributed by atoms with Crippen molar-refractivity contribution in [3.8, 4) is 0 Å². The number of hydrogen-bond acceptors (Lipinski definition) is 3. The number of nitrogens with zero attached hydrogens (tertiary/aromatic N) is 2. The van der Waals surface area contributed by atoms with Gasteiger partial charge in [0, 0.05) is 18.0 Å². The second-order valence-corrected chi connectivity index (χ2v) is 5.77. The Balaban J connectivity index is 2.16. The van der Waals surface area contributed by atoms with Crippen LogP contribution in [0.25, 0.3) is 0 Å². The normalized spacial score (nSPS) is 12.6. The van der Waals surface area contributed by atoms with Crippen LogP contribution in [-0.4, -0.2) is 28.6 Å². The number of rotatable bonds is 6.